The van der Waals surface area contributed by atoms with Gasteiger partial charge in [-0.05, 0) is 43.4 Å². The number of carbonyl (C=O) groups is 2. The molecule has 0 bridgehead atoms. The second-order valence-electron chi connectivity index (χ2n) is 9.05. The molecule has 6 nitrogen and oxygen atoms in total. The van der Waals surface area contributed by atoms with Crippen LogP contribution in [0.15, 0.2) is 24.3 Å². The van der Waals surface area contributed by atoms with Gasteiger partial charge in [0, 0.05) is 45.0 Å². The first kappa shape index (κ1) is 22.8. The van der Waals surface area contributed by atoms with E-state index in [2.05, 4.69) is 41.1 Å². The standard InChI is InChI=1S/C24H38N4O2/c1-19(2)21-8-10-22(11-9-21)25-24(30)20(3)27-16-14-26(15-17-27)18-23(29)28-12-6-4-5-7-13-28/h8-11,19-20H,4-7,12-18H2,1-3H3,(H,25,30)/t20-/m1/s1. The van der Waals surface area contributed by atoms with E-state index in [-0.39, 0.29) is 17.9 Å². The zero-order valence-corrected chi connectivity index (χ0v) is 18.9. The lowest BCUT2D eigenvalue weighted by Crippen LogP contribution is -2.54. The SMILES string of the molecule is CC(C)c1ccc(NC(=O)[C@@H](C)N2CCN(CC(=O)N3CCCCCC3)CC2)cc1. The molecule has 1 aromatic carbocycles. The fraction of sp³-hybridized carbons (Fsp3) is 0.667. The summed E-state index contributed by atoms with van der Waals surface area (Å²) in [6.45, 7) is 11.9. The molecule has 2 heterocycles. The van der Waals surface area contributed by atoms with Crippen LogP contribution in [0.4, 0.5) is 5.69 Å². The van der Waals surface area contributed by atoms with Gasteiger partial charge >= 0.3 is 0 Å². The van der Waals surface area contributed by atoms with E-state index < -0.39 is 0 Å². The molecule has 2 aliphatic rings. The van der Waals surface area contributed by atoms with Crippen LogP contribution >= 0.6 is 0 Å². The summed E-state index contributed by atoms with van der Waals surface area (Å²) in [5.41, 5.74) is 2.12. The van der Waals surface area contributed by atoms with Crippen molar-refractivity contribution >= 4 is 17.5 Å². The average Bonchev–Trinajstić information content (AvgIpc) is 3.04. The number of anilines is 1. The highest BCUT2D eigenvalue weighted by Gasteiger charge is 2.27. The molecule has 2 fully saturated rings. The Morgan fingerprint density at radius 1 is 0.867 bits per heavy atom. The summed E-state index contributed by atoms with van der Waals surface area (Å²) in [6, 6.07) is 7.92. The fourth-order valence-electron chi connectivity index (χ4n) is 4.28. The first-order chi connectivity index (χ1) is 14.4. The van der Waals surface area contributed by atoms with E-state index in [1.54, 1.807) is 0 Å². The molecule has 2 saturated heterocycles. The number of hydrogen-bond donors (Lipinski definition) is 1. The van der Waals surface area contributed by atoms with Crippen molar-refractivity contribution in [1.29, 1.82) is 0 Å². The predicted molar refractivity (Wildman–Crippen MR) is 122 cm³/mol. The van der Waals surface area contributed by atoms with E-state index in [9.17, 15) is 9.59 Å². The van der Waals surface area contributed by atoms with Crippen molar-refractivity contribution in [3.8, 4) is 0 Å². The summed E-state index contributed by atoms with van der Waals surface area (Å²) in [6.07, 6.45) is 4.74. The van der Waals surface area contributed by atoms with E-state index in [0.29, 0.717) is 12.5 Å². The first-order valence-corrected chi connectivity index (χ1v) is 11.6. The third-order valence-electron chi connectivity index (χ3n) is 6.50. The summed E-state index contributed by atoms with van der Waals surface area (Å²) in [5, 5.41) is 3.04. The Labute approximate surface area is 181 Å². The molecule has 166 valence electrons. The lowest BCUT2D eigenvalue weighted by molar-refractivity contribution is -0.133. The third kappa shape index (κ3) is 6.29. The minimum atomic E-state index is -0.182. The molecule has 1 atom stereocenters. The number of nitrogens with one attached hydrogen (secondary N) is 1. The first-order valence-electron chi connectivity index (χ1n) is 11.6. The molecule has 0 saturated carbocycles. The molecule has 2 aliphatic heterocycles. The Bertz CT molecular complexity index is 688. The minimum absolute atomic E-state index is 0.0291. The summed E-state index contributed by atoms with van der Waals surface area (Å²) < 4.78 is 0. The Morgan fingerprint density at radius 3 is 2.03 bits per heavy atom. The van der Waals surface area contributed by atoms with Crippen molar-refractivity contribution in [2.45, 2.75) is 58.4 Å². The second kappa shape index (κ2) is 10.9. The second-order valence-corrected chi connectivity index (χ2v) is 9.05. The molecule has 1 N–H and O–H groups in total. The number of nitrogens with zero attached hydrogens (tertiary/aromatic N) is 3. The summed E-state index contributed by atoms with van der Waals surface area (Å²) in [7, 11) is 0. The van der Waals surface area contributed by atoms with E-state index in [1.807, 2.05) is 24.0 Å². The smallest absolute Gasteiger partial charge is 0.241 e. The van der Waals surface area contributed by atoms with Crippen LogP contribution in [0.25, 0.3) is 0 Å². The molecule has 0 unspecified atom stereocenters. The summed E-state index contributed by atoms with van der Waals surface area (Å²) >= 11 is 0. The molecule has 0 aromatic heterocycles. The maximum Gasteiger partial charge on any atom is 0.241 e. The molecular formula is C24H38N4O2. The lowest BCUT2D eigenvalue weighted by Gasteiger charge is -2.37. The maximum absolute atomic E-state index is 12.7. The highest BCUT2D eigenvalue weighted by Crippen LogP contribution is 2.18. The Balaban J connectivity index is 1.43. The van der Waals surface area contributed by atoms with Crippen LogP contribution in [0.2, 0.25) is 0 Å². The molecule has 30 heavy (non-hydrogen) atoms. The summed E-state index contributed by atoms with van der Waals surface area (Å²) in [5.74, 6) is 0.776. The number of rotatable bonds is 6. The van der Waals surface area contributed by atoms with Gasteiger partial charge in [0.1, 0.15) is 0 Å². The van der Waals surface area contributed by atoms with E-state index >= 15 is 0 Å². The molecule has 6 heteroatoms. The normalized spacial score (nSPS) is 20.1. The van der Waals surface area contributed by atoms with Crippen LogP contribution in [0.1, 0.15) is 57.9 Å². The number of carbonyl (C=O) groups excluding carboxylic acids is 2. The number of benzene rings is 1. The van der Waals surface area contributed by atoms with E-state index in [4.69, 9.17) is 0 Å². The monoisotopic (exact) mass is 414 g/mol. The topological polar surface area (TPSA) is 55.9 Å². The van der Waals surface area contributed by atoms with Gasteiger partial charge in [0.2, 0.25) is 11.8 Å². The van der Waals surface area contributed by atoms with E-state index in [1.165, 1.54) is 18.4 Å². The molecule has 2 amide bonds. The van der Waals surface area contributed by atoms with Crippen LogP contribution in [0.3, 0.4) is 0 Å². The Morgan fingerprint density at radius 2 is 1.47 bits per heavy atom. The fourth-order valence-corrected chi connectivity index (χ4v) is 4.28. The lowest BCUT2D eigenvalue weighted by atomic mass is 10.0. The van der Waals surface area contributed by atoms with Gasteiger partial charge < -0.3 is 10.2 Å². The van der Waals surface area contributed by atoms with Crippen LogP contribution < -0.4 is 5.32 Å². The quantitative estimate of drug-likeness (QED) is 0.777. The van der Waals surface area contributed by atoms with Gasteiger partial charge in [0.15, 0.2) is 0 Å². The van der Waals surface area contributed by atoms with Gasteiger partial charge in [-0.25, -0.2) is 0 Å². The Hall–Kier alpha value is -1.92. The van der Waals surface area contributed by atoms with Crippen LogP contribution in [-0.4, -0.2) is 78.4 Å². The minimum Gasteiger partial charge on any atom is -0.342 e. The number of likely N-dealkylation sites (tertiary alicyclic amines) is 1. The van der Waals surface area contributed by atoms with Crippen molar-refractivity contribution in [3.63, 3.8) is 0 Å². The molecule has 3 rings (SSSR count). The highest BCUT2D eigenvalue weighted by molar-refractivity contribution is 5.94. The van der Waals surface area contributed by atoms with Crippen molar-refractivity contribution in [1.82, 2.24) is 14.7 Å². The number of hydrogen-bond acceptors (Lipinski definition) is 4. The van der Waals surface area contributed by atoms with Crippen molar-refractivity contribution in [2.24, 2.45) is 0 Å². The van der Waals surface area contributed by atoms with Crippen molar-refractivity contribution < 1.29 is 9.59 Å². The van der Waals surface area contributed by atoms with Crippen LogP contribution in [0.5, 0.6) is 0 Å². The largest absolute Gasteiger partial charge is 0.342 e. The molecule has 1 aromatic rings. The van der Waals surface area contributed by atoms with E-state index in [0.717, 1.165) is 57.8 Å². The molecule has 0 aliphatic carbocycles. The molecule has 0 spiro atoms. The van der Waals surface area contributed by atoms with Gasteiger partial charge in [-0.1, -0.05) is 38.8 Å². The van der Waals surface area contributed by atoms with Gasteiger partial charge in [0.05, 0.1) is 12.6 Å². The zero-order chi connectivity index (χ0) is 21.5. The highest BCUT2D eigenvalue weighted by atomic mass is 16.2. The number of amides is 2. The summed E-state index contributed by atoms with van der Waals surface area (Å²) in [4.78, 5) is 31.8. The Kier molecular flexibility index (Phi) is 8.28. The number of piperazine rings is 1. The van der Waals surface area contributed by atoms with Crippen LogP contribution in [0, 0.1) is 0 Å². The van der Waals surface area contributed by atoms with Gasteiger partial charge in [-0.15, -0.1) is 0 Å². The molecular weight excluding hydrogens is 376 g/mol. The van der Waals surface area contributed by atoms with Gasteiger partial charge in [0.25, 0.3) is 0 Å². The van der Waals surface area contributed by atoms with Crippen molar-refractivity contribution in [3.05, 3.63) is 29.8 Å². The van der Waals surface area contributed by atoms with Gasteiger partial charge in [-0.3, -0.25) is 19.4 Å². The maximum atomic E-state index is 12.7. The predicted octanol–water partition coefficient (Wildman–Crippen LogP) is 3.16. The zero-order valence-electron chi connectivity index (χ0n) is 18.9. The van der Waals surface area contributed by atoms with Crippen molar-refractivity contribution in [2.75, 3.05) is 51.1 Å². The van der Waals surface area contributed by atoms with Gasteiger partial charge in [-0.2, -0.15) is 0 Å². The third-order valence-corrected chi connectivity index (χ3v) is 6.50. The van der Waals surface area contributed by atoms with Crippen LogP contribution in [-0.2, 0) is 9.59 Å². The average molecular weight is 415 g/mol. The molecule has 0 radical (unpaired) electrons.